The quantitative estimate of drug-likeness (QED) is 0.0452. The van der Waals surface area contributed by atoms with Crippen LogP contribution in [0.1, 0.15) is 206 Å². The summed E-state index contributed by atoms with van der Waals surface area (Å²) in [5.74, 6) is 1.86. The monoisotopic (exact) mass is 721 g/mol. The van der Waals surface area contributed by atoms with E-state index >= 15 is 0 Å². The van der Waals surface area contributed by atoms with E-state index in [1.54, 1.807) is 0 Å². The van der Waals surface area contributed by atoms with Crippen LogP contribution < -0.4 is 9.47 Å². The van der Waals surface area contributed by atoms with Crippen LogP contribution in [-0.4, -0.2) is 13.2 Å². The van der Waals surface area contributed by atoms with Gasteiger partial charge < -0.3 is 9.47 Å². The normalized spacial score (nSPS) is 11.6. The number of hydrogen-bond donors (Lipinski definition) is 0. The number of fused-ring (bicyclic) bond motifs is 2. The van der Waals surface area contributed by atoms with Gasteiger partial charge in [-0.05, 0) is 18.9 Å². The van der Waals surface area contributed by atoms with E-state index < -0.39 is 0 Å². The van der Waals surface area contributed by atoms with Crippen LogP contribution in [0.5, 0.6) is 11.5 Å². The van der Waals surface area contributed by atoms with E-state index in [1.807, 2.05) is 12.1 Å². The third-order valence-corrected chi connectivity index (χ3v) is 11.2. The molecule has 0 radical (unpaired) electrons. The molecule has 0 saturated heterocycles. The van der Waals surface area contributed by atoms with Gasteiger partial charge in [0.05, 0.1) is 18.2 Å². The Balaban J connectivity index is 1.33. The van der Waals surface area contributed by atoms with Gasteiger partial charge in [0.15, 0.2) is 0 Å². The van der Waals surface area contributed by atoms with Crippen molar-refractivity contribution in [3.05, 3.63) is 47.5 Å². The molecule has 0 aromatic heterocycles. The Morgan fingerprint density at radius 3 is 1.06 bits per heavy atom. The molecular formula is C48H77ClO2. The second-order valence-electron chi connectivity index (χ2n) is 15.5. The molecule has 0 amide bonds. The van der Waals surface area contributed by atoms with Crippen LogP contribution in [0.15, 0.2) is 42.5 Å². The Labute approximate surface area is 320 Å². The van der Waals surface area contributed by atoms with Crippen molar-refractivity contribution in [2.45, 2.75) is 206 Å². The van der Waals surface area contributed by atoms with Crippen molar-refractivity contribution in [2.24, 2.45) is 0 Å². The van der Waals surface area contributed by atoms with Gasteiger partial charge in [0, 0.05) is 21.5 Å². The summed E-state index contributed by atoms with van der Waals surface area (Å²) < 4.78 is 13.2. The lowest BCUT2D eigenvalue weighted by atomic mass is 10.0. The highest BCUT2D eigenvalue weighted by Crippen LogP contribution is 2.45. The van der Waals surface area contributed by atoms with E-state index in [2.05, 4.69) is 44.2 Å². The first kappa shape index (κ1) is 43.5. The zero-order valence-corrected chi connectivity index (χ0v) is 34.1. The molecule has 0 aliphatic rings. The third kappa shape index (κ3) is 18.1. The Hall–Kier alpha value is -1.93. The Morgan fingerprint density at radius 2 is 0.667 bits per heavy atom. The second kappa shape index (κ2) is 29.5. The summed E-state index contributed by atoms with van der Waals surface area (Å²) in [4.78, 5) is 0. The highest BCUT2D eigenvalue weighted by molar-refractivity contribution is 6.37. The predicted molar refractivity (Wildman–Crippen MR) is 227 cm³/mol. The summed E-state index contributed by atoms with van der Waals surface area (Å²) in [5, 5.41) is 5.02. The Kier molecular flexibility index (Phi) is 25.2. The number of ether oxygens (including phenoxy) is 2. The average molecular weight is 722 g/mol. The van der Waals surface area contributed by atoms with Gasteiger partial charge in [0.25, 0.3) is 0 Å². The van der Waals surface area contributed by atoms with E-state index in [4.69, 9.17) is 21.1 Å². The topological polar surface area (TPSA) is 18.5 Å². The van der Waals surface area contributed by atoms with Crippen LogP contribution in [0.3, 0.4) is 0 Å². The molecule has 0 saturated carbocycles. The molecule has 3 heteroatoms. The molecule has 0 unspecified atom stereocenters. The van der Waals surface area contributed by atoms with Crippen LogP contribution >= 0.6 is 11.6 Å². The van der Waals surface area contributed by atoms with Gasteiger partial charge in [0.2, 0.25) is 0 Å². The van der Waals surface area contributed by atoms with E-state index in [-0.39, 0.29) is 0 Å². The summed E-state index contributed by atoms with van der Waals surface area (Å²) in [6, 6.07) is 14.7. The maximum atomic E-state index is 6.88. The minimum atomic E-state index is 0.724. The van der Waals surface area contributed by atoms with Crippen LogP contribution in [0, 0.1) is 0 Å². The summed E-state index contributed by atoms with van der Waals surface area (Å²) in [5.41, 5.74) is 0. The van der Waals surface area contributed by atoms with Gasteiger partial charge in [0.1, 0.15) is 11.5 Å². The molecule has 0 aliphatic carbocycles. The fraction of sp³-hybridized carbons (Fsp3) is 0.708. The van der Waals surface area contributed by atoms with Crippen molar-refractivity contribution in [1.82, 2.24) is 0 Å². The second-order valence-corrected chi connectivity index (χ2v) is 15.9. The molecule has 0 aliphatic heterocycles. The molecule has 2 nitrogen and oxygen atoms in total. The molecule has 0 atom stereocenters. The lowest BCUT2D eigenvalue weighted by Gasteiger charge is -2.18. The van der Waals surface area contributed by atoms with Gasteiger partial charge in [-0.2, -0.15) is 0 Å². The molecule has 0 spiro atoms. The Bertz CT molecular complexity index is 1270. The molecule has 0 bridgehead atoms. The first-order chi connectivity index (χ1) is 25.3. The fourth-order valence-electron chi connectivity index (χ4n) is 7.70. The van der Waals surface area contributed by atoms with E-state index in [1.165, 1.54) is 180 Å². The largest absolute Gasteiger partial charge is 0.492 e. The number of halogens is 1. The number of unbranched alkanes of at least 4 members (excludes halogenated alkanes) is 28. The van der Waals surface area contributed by atoms with Crippen LogP contribution in [-0.2, 0) is 0 Å². The lowest BCUT2D eigenvalue weighted by molar-refractivity contribution is 0.306. The highest BCUT2D eigenvalue weighted by Gasteiger charge is 2.18. The zero-order valence-electron chi connectivity index (χ0n) is 33.4. The van der Waals surface area contributed by atoms with Crippen molar-refractivity contribution in [3.63, 3.8) is 0 Å². The van der Waals surface area contributed by atoms with Gasteiger partial charge in [-0.15, -0.1) is 0 Å². The van der Waals surface area contributed by atoms with E-state index in [0.29, 0.717) is 0 Å². The molecular weight excluding hydrogens is 644 g/mol. The van der Waals surface area contributed by atoms with Crippen LogP contribution in [0.4, 0.5) is 0 Å². The zero-order chi connectivity index (χ0) is 36.0. The summed E-state index contributed by atoms with van der Waals surface area (Å²) in [6.07, 6.45) is 41.1. The maximum Gasteiger partial charge on any atom is 0.136 e. The van der Waals surface area contributed by atoms with E-state index in [9.17, 15) is 0 Å². The summed E-state index contributed by atoms with van der Waals surface area (Å²) in [7, 11) is 0. The molecule has 3 aromatic carbocycles. The fourth-order valence-corrected chi connectivity index (χ4v) is 7.96. The van der Waals surface area contributed by atoms with Crippen LogP contribution in [0.25, 0.3) is 21.5 Å². The van der Waals surface area contributed by atoms with Crippen molar-refractivity contribution in [3.8, 4) is 11.5 Å². The molecule has 288 valence electrons. The number of benzene rings is 3. The average Bonchev–Trinajstić information content (AvgIpc) is 3.15. The van der Waals surface area contributed by atoms with E-state index in [0.717, 1.165) is 64.1 Å². The lowest BCUT2D eigenvalue weighted by Crippen LogP contribution is -2.02. The number of rotatable bonds is 34. The van der Waals surface area contributed by atoms with Crippen molar-refractivity contribution >= 4 is 33.1 Å². The minimum Gasteiger partial charge on any atom is -0.492 e. The van der Waals surface area contributed by atoms with Gasteiger partial charge in [-0.1, -0.05) is 242 Å². The molecule has 3 rings (SSSR count). The van der Waals surface area contributed by atoms with Gasteiger partial charge >= 0.3 is 0 Å². The smallest absolute Gasteiger partial charge is 0.136 e. The molecule has 0 fully saturated rings. The molecule has 3 aromatic rings. The number of hydrogen-bond acceptors (Lipinski definition) is 2. The first-order valence-corrected chi connectivity index (χ1v) is 22.5. The third-order valence-electron chi connectivity index (χ3n) is 10.9. The van der Waals surface area contributed by atoms with Crippen molar-refractivity contribution in [2.75, 3.05) is 13.2 Å². The van der Waals surface area contributed by atoms with Crippen molar-refractivity contribution in [1.29, 1.82) is 0 Å². The standard InChI is InChI=1S/C48H77ClO2/c1-3-5-7-9-11-13-15-17-19-21-23-25-27-29-33-40-50-47-42-36-31-32-37-43(42)48(46-44(47)38-35-39-45(46)49)51-41-34-30-28-26-24-22-20-18-16-14-12-10-8-6-4-2/h31-32,35-39H,3-30,33-34,40-41H2,1-2H3. The predicted octanol–water partition coefficient (Wildman–Crippen LogP) is 17.1. The van der Waals surface area contributed by atoms with Crippen molar-refractivity contribution < 1.29 is 9.47 Å². The van der Waals surface area contributed by atoms with Gasteiger partial charge in [-0.3, -0.25) is 0 Å². The van der Waals surface area contributed by atoms with Gasteiger partial charge in [-0.25, -0.2) is 0 Å². The Morgan fingerprint density at radius 1 is 0.353 bits per heavy atom. The first-order valence-electron chi connectivity index (χ1n) is 22.2. The summed E-state index contributed by atoms with van der Waals surface area (Å²) in [6.45, 7) is 6.06. The molecule has 0 N–H and O–H groups in total. The molecule has 0 heterocycles. The maximum absolute atomic E-state index is 6.88. The minimum absolute atomic E-state index is 0.724. The van der Waals surface area contributed by atoms with Crippen LogP contribution in [0.2, 0.25) is 5.02 Å². The summed E-state index contributed by atoms with van der Waals surface area (Å²) >= 11 is 6.88. The SMILES string of the molecule is CCCCCCCCCCCCCCCCCOc1c2ccccc2c(OCCCCCCCCCCCCCCCCC)c2c(Cl)cccc12. The highest BCUT2D eigenvalue weighted by atomic mass is 35.5. The molecule has 51 heavy (non-hydrogen) atoms.